The van der Waals surface area contributed by atoms with E-state index in [1.54, 1.807) is 19.3 Å². The minimum absolute atomic E-state index is 0.541. The predicted molar refractivity (Wildman–Crippen MR) is 82.0 cm³/mol. The monoisotopic (exact) mass is 306 g/mol. The Morgan fingerprint density at radius 1 is 1.27 bits per heavy atom. The van der Waals surface area contributed by atoms with Crippen molar-refractivity contribution in [2.75, 3.05) is 7.11 Å². The molecule has 0 saturated carbocycles. The summed E-state index contributed by atoms with van der Waals surface area (Å²) in [4.78, 5) is 11.6. The van der Waals surface area contributed by atoms with Gasteiger partial charge in [0.2, 0.25) is 6.10 Å². The number of methoxy groups -OCH3 is 1. The molecular formula is C17H22O5. The topological polar surface area (TPSA) is 54.0 Å². The Labute approximate surface area is 130 Å². The maximum atomic E-state index is 11.6. The van der Waals surface area contributed by atoms with Gasteiger partial charge in [-0.05, 0) is 38.0 Å². The fourth-order valence-electron chi connectivity index (χ4n) is 2.62. The van der Waals surface area contributed by atoms with Crippen LogP contribution in [0, 0.1) is 0 Å². The molecule has 5 nitrogen and oxygen atoms in total. The molecule has 1 aliphatic rings. The lowest BCUT2D eigenvalue weighted by Gasteiger charge is -2.29. The van der Waals surface area contributed by atoms with Gasteiger partial charge in [-0.15, -0.1) is 0 Å². The lowest BCUT2D eigenvalue weighted by Crippen LogP contribution is -2.41. The van der Waals surface area contributed by atoms with Crippen molar-refractivity contribution in [2.24, 2.45) is 0 Å². The summed E-state index contributed by atoms with van der Waals surface area (Å²) in [6.07, 6.45) is 1.86. The number of rotatable bonds is 6. The van der Waals surface area contributed by atoms with Gasteiger partial charge in [-0.3, -0.25) is 0 Å². The van der Waals surface area contributed by atoms with Gasteiger partial charge in [-0.25, -0.2) is 4.79 Å². The average Bonchev–Trinajstić information content (AvgIpc) is 2.90. The number of carbonyl (C=O) groups excluding carboxylic acids is 1. The van der Waals surface area contributed by atoms with Crippen molar-refractivity contribution >= 4 is 6.16 Å². The molecule has 0 aromatic heterocycles. The number of hydrogen-bond donors (Lipinski definition) is 0. The summed E-state index contributed by atoms with van der Waals surface area (Å²) in [5, 5.41) is 0. The van der Waals surface area contributed by atoms with E-state index in [1.807, 2.05) is 39.0 Å². The highest BCUT2D eigenvalue weighted by Crippen LogP contribution is 2.39. The standard InChI is InChI=1S/C17H22O5/c1-5-12(20-14-11-9-8-10-13(14)19-4)15-17(6-2,7-3)22-16(18)21-15/h5,8-11,15H,6-7H2,1-4H3/b12-5-/t15-/m1/s1. The van der Waals surface area contributed by atoms with Gasteiger partial charge < -0.3 is 18.9 Å². The quantitative estimate of drug-likeness (QED) is 0.585. The minimum Gasteiger partial charge on any atom is -0.493 e. The van der Waals surface area contributed by atoms with E-state index < -0.39 is 17.9 Å². The second-order valence-corrected chi connectivity index (χ2v) is 5.07. The van der Waals surface area contributed by atoms with E-state index >= 15 is 0 Å². The molecular weight excluding hydrogens is 284 g/mol. The first-order valence-corrected chi connectivity index (χ1v) is 7.46. The van der Waals surface area contributed by atoms with Gasteiger partial charge >= 0.3 is 6.16 Å². The van der Waals surface area contributed by atoms with Crippen molar-refractivity contribution < 1.29 is 23.7 Å². The smallest absolute Gasteiger partial charge is 0.493 e. The van der Waals surface area contributed by atoms with E-state index in [2.05, 4.69) is 0 Å². The van der Waals surface area contributed by atoms with Gasteiger partial charge in [-0.1, -0.05) is 26.0 Å². The molecule has 5 heteroatoms. The number of carbonyl (C=O) groups is 1. The zero-order valence-corrected chi connectivity index (χ0v) is 13.4. The molecule has 0 radical (unpaired) electrons. The molecule has 120 valence electrons. The second kappa shape index (κ2) is 6.73. The molecule has 1 fully saturated rings. The first-order chi connectivity index (χ1) is 10.6. The largest absolute Gasteiger partial charge is 0.509 e. The number of para-hydroxylation sites is 2. The van der Waals surface area contributed by atoms with E-state index in [0.29, 0.717) is 30.1 Å². The third-order valence-electron chi connectivity index (χ3n) is 4.02. The Bertz CT molecular complexity index is 560. The molecule has 1 aromatic carbocycles. The highest BCUT2D eigenvalue weighted by Gasteiger charge is 2.51. The molecule has 1 heterocycles. The van der Waals surface area contributed by atoms with Crippen molar-refractivity contribution in [2.45, 2.75) is 45.3 Å². The lowest BCUT2D eigenvalue weighted by atomic mass is 9.89. The van der Waals surface area contributed by atoms with Crippen molar-refractivity contribution in [1.82, 2.24) is 0 Å². The van der Waals surface area contributed by atoms with Gasteiger partial charge in [0.25, 0.3) is 0 Å². The Balaban J connectivity index is 2.30. The van der Waals surface area contributed by atoms with Crippen LogP contribution in [-0.4, -0.2) is 25.0 Å². The maximum Gasteiger partial charge on any atom is 0.509 e. The summed E-state index contributed by atoms with van der Waals surface area (Å²) in [6.45, 7) is 5.77. The van der Waals surface area contributed by atoms with Crippen LogP contribution >= 0.6 is 0 Å². The Hall–Kier alpha value is -2.17. The van der Waals surface area contributed by atoms with E-state index in [0.717, 1.165) is 0 Å². The summed E-state index contributed by atoms with van der Waals surface area (Å²) in [5.74, 6) is 1.73. The van der Waals surface area contributed by atoms with Crippen molar-refractivity contribution in [3.8, 4) is 11.5 Å². The molecule has 0 spiro atoms. The third-order valence-corrected chi connectivity index (χ3v) is 4.02. The molecule has 1 aromatic rings. The second-order valence-electron chi connectivity index (χ2n) is 5.07. The van der Waals surface area contributed by atoms with Crippen LogP contribution in [-0.2, 0) is 9.47 Å². The molecule has 22 heavy (non-hydrogen) atoms. The molecule has 1 aliphatic heterocycles. The molecule has 1 saturated heterocycles. The maximum absolute atomic E-state index is 11.6. The lowest BCUT2D eigenvalue weighted by molar-refractivity contribution is 0.0219. The van der Waals surface area contributed by atoms with Gasteiger partial charge in [0, 0.05) is 0 Å². The molecule has 0 amide bonds. The van der Waals surface area contributed by atoms with Crippen LogP contribution in [0.1, 0.15) is 33.6 Å². The summed E-state index contributed by atoms with van der Waals surface area (Å²) >= 11 is 0. The van der Waals surface area contributed by atoms with Crippen molar-refractivity contribution in [3.05, 3.63) is 36.1 Å². The van der Waals surface area contributed by atoms with E-state index in [9.17, 15) is 4.79 Å². The summed E-state index contributed by atoms with van der Waals surface area (Å²) in [5.41, 5.74) is -0.694. The zero-order chi connectivity index (χ0) is 16.2. The van der Waals surface area contributed by atoms with Gasteiger partial charge in [0.05, 0.1) is 7.11 Å². The molecule has 0 N–H and O–H groups in total. The molecule has 0 aliphatic carbocycles. The van der Waals surface area contributed by atoms with Crippen LogP contribution < -0.4 is 9.47 Å². The normalized spacial score (nSPS) is 20.3. The Morgan fingerprint density at radius 3 is 2.45 bits per heavy atom. The summed E-state index contributed by atoms with van der Waals surface area (Å²) < 4.78 is 22.0. The van der Waals surface area contributed by atoms with E-state index in [4.69, 9.17) is 18.9 Å². The number of ether oxygens (including phenoxy) is 4. The number of hydrogen-bond acceptors (Lipinski definition) is 5. The van der Waals surface area contributed by atoms with Crippen molar-refractivity contribution in [1.29, 1.82) is 0 Å². The van der Waals surface area contributed by atoms with E-state index in [-0.39, 0.29) is 0 Å². The average molecular weight is 306 g/mol. The zero-order valence-electron chi connectivity index (χ0n) is 13.4. The third kappa shape index (κ3) is 2.89. The van der Waals surface area contributed by atoms with Gasteiger partial charge in [0.15, 0.2) is 17.1 Å². The van der Waals surface area contributed by atoms with Crippen LogP contribution in [0.5, 0.6) is 11.5 Å². The highest BCUT2D eigenvalue weighted by molar-refractivity contribution is 5.64. The fraction of sp³-hybridized carbons (Fsp3) is 0.471. The SMILES string of the molecule is C/C=C(\Oc1ccccc1OC)[C@H]1OC(=O)OC1(CC)CC. The highest BCUT2D eigenvalue weighted by atomic mass is 16.8. The fourth-order valence-corrected chi connectivity index (χ4v) is 2.62. The van der Waals surface area contributed by atoms with Gasteiger partial charge in [-0.2, -0.15) is 0 Å². The molecule has 2 rings (SSSR count). The van der Waals surface area contributed by atoms with Gasteiger partial charge in [0.1, 0.15) is 5.76 Å². The summed E-state index contributed by atoms with van der Waals surface area (Å²) in [7, 11) is 1.58. The van der Waals surface area contributed by atoms with Crippen molar-refractivity contribution in [3.63, 3.8) is 0 Å². The van der Waals surface area contributed by atoms with E-state index in [1.165, 1.54) is 0 Å². The Kier molecular flexibility index (Phi) is 4.96. The Morgan fingerprint density at radius 2 is 1.91 bits per heavy atom. The van der Waals surface area contributed by atoms with Crippen LogP contribution in [0.2, 0.25) is 0 Å². The molecule has 0 bridgehead atoms. The molecule has 0 unspecified atom stereocenters. The van der Waals surface area contributed by atoms with Crippen LogP contribution in [0.3, 0.4) is 0 Å². The first-order valence-electron chi connectivity index (χ1n) is 7.46. The number of benzene rings is 1. The molecule has 1 atom stereocenters. The predicted octanol–water partition coefficient (Wildman–Crippen LogP) is 4.07. The van der Waals surface area contributed by atoms with Crippen LogP contribution in [0.25, 0.3) is 0 Å². The number of cyclic esters (lactones) is 2. The van der Waals surface area contributed by atoms with Crippen LogP contribution in [0.4, 0.5) is 4.79 Å². The number of allylic oxidation sites excluding steroid dienone is 1. The summed E-state index contributed by atoms with van der Waals surface area (Å²) in [6, 6.07) is 7.34. The minimum atomic E-state index is -0.694. The first kappa shape index (κ1) is 16.2. The van der Waals surface area contributed by atoms with Crippen LogP contribution in [0.15, 0.2) is 36.1 Å².